The summed E-state index contributed by atoms with van der Waals surface area (Å²) >= 11 is 0. The number of amides is 1. The van der Waals surface area contributed by atoms with E-state index in [1.54, 1.807) is 48.5 Å². The fourth-order valence-corrected chi connectivity index (χ4v) is 3.91. The topological polar surface area (TPSA) is 87.3 Å². The fraction of sp³-hybridized carbons (Fsp3) is 0.278. The highest BCUT2D eigenvalue weighted by atomic mass is 32.2. The highest BCUT2D eigenvalue weighted by Crippen LogP contribution is 2.30. The molecular formula is C18H21N3O3S. The first kappa shape index (κ1) is 17.4. The van der Waals surface area contributed by atoms with Gasteiger partial charge in [-0.25, -0.2) is 8.42 Å². The average molecular weight is 359 g/mol. The summed E-state index contributed by atoms with van der Waals surface area (Å²) in [6.07, 6.45) is -0.576. The molecule has 2 aromatic carbocycles. The normalized spacial score (nSPS) is 18.3. The minimum Gasteiger partial charge on any atom is -0.364 e. The van der Waals surface area contributed by atoms with Crippen molar-refractivity contribution >= 4 is 21.6 Å². The van der Waals surface area contributed by atoms with Crippen molar-refractivity contribution in [3.05, 3.63) is 59.7 Å². The second-order valence-electron chi connectivity index (χ2n) is 6.42. The molecule has 0 saturated carbocycles. The summed E-state index contributed by atoms with van der Waals surface area (Å²) in [7, 11) is -3.58. The third-order valence-corrected chi connectivity index (χ3v) is 5.41. The van der Waals surface area contributed by atoms with Crippen LogP contribution in [0.15, 0.2) is 53.4 Å². The van der Waals surface area contributed by atoms with Gasteiger partial charge in [-0.3, -0.25) is 4.79 Å². The zero-order chi connectivity index (χ0) is 18.0. The van der Waals surface area contributed by atoms with Crippen molar-refractivity contribution in [1.82, 2.24) is 10.0 Å². The predicted octanol–water partition coefficient (Wildman–Crippen LogP) is 2.48. The molecule has 1 atom stereocenters. The van der Waals surface area contributed by atoms with Gasteiger partial charge in [-0.2, -0.15) is 4.72 Å². The molecule has 1 aliphatic heterocycles. The van der Waals surface area contributed by atoms with E-state index in [0.29, 0.717) is 23.7 Å². The Morgan fingerprint density at radius 1 is 1.12 bits per heavy atom. The van der Waals surface area contributed by atoms with Crippen molar-refractivity contribution in [2.24, 2.45) is 5.92 Å². The van der Waals surface area contributed by atoms with Gasteiger partial charge in [0.1, 0.15) is 11.1 Å². The number of hydrogen-bond donors (Lipinski definition) is 3. The van der Waals surface area contributed by atoms with E-state index in [2.05, 4.69) is 15.4 Å². The first-order valence-electron chi connectivity index (χ1n) is 8.13. The molecule has 132 valence electrons. The van der Waals surface area contributed by atoms with Crippen molar-refractivity contribution in [3.63, 3.8) is 0 Å². The van der Waals surface area contributed by atoms with Crippen LogP contribution in [-0.4, -0.2) is 20.9 Å². The van der Waals surface area contributed by atoms with E-state index in [-0.39, 0.29) is 10.8 Å². The molecule has 0 aliphatic carbocycles. The van der Waals surface area contributed by atoms with Crippen LogP contribution in [0.5, 0.6) is 0 Å². The van der Waals surface area contributed by atoms with Crippen LogP contribution in [0, 0.1) is 5.92 Å². The number of carbonyl (C=O) groups excluding carboxylic acids is 1. The van der Waals surface area contributed by atoms with Gasteiger partial charge in [0.25, 0.3) is 5.91 Å². The molecule has 2 aromatic rings. The van der Waals surface area contributed by atoms with Gasteiger partial charge in [-0.05, 0) is 35.7 Å². The molecule has 1 amide bonds. The van der Waals surface area contributed by atoms with Gasteiger partial charge in [0.2, 0.25) is 10.0 Å². The molecule has 3 N–H and O–H groups in total. The number of fused-ring (bicyclic) bond motifs is 1. The maximum atomic E-state index is 12.4. The lowest BCUT2D eigenvalue weighted by Crippen LogP contribution is -2.38. The predicted molar refractivity (Wildman–Crippen MR) is 96.7 cm³/mol. The Balaban J connectivity index is 1.79. The molecule has 6 nitrogen and oxygen atoms in total. The smallest absolute Gasteiger partial charge is 0.251 e. The van der Waals surface area contributed by atoms with E-state index < -0.39 is 16.2 Å². The van der Waals surface area contributed by atoms with Crippen LogP contribution >= 0.6 is 0 Å². The second-order valence-corrected chi connectivity index (χ2v) is 8.10. The summed E-state index contributed by atoms with van der Waals surface area (Å²) < 4.78 is 27.3. The van der Waals surface area contributed by atoms with E-state index in [1.165, 1.54) is 0 Å². The number of anilines is 1. The number of rotatable bonds is 4. The minimum atomic E-state index is -3.58. The van der Waals surface area contributed by atoms with Gasteiger partial charge < -0.3 is 10.6 Å². The summed E-state index contributed by atoms with van der Waals surface area (Å²) in [5.41, 5.74) is 1.84. The van der Waals surface area contributed by atoms with Crippen LogP contribution in [0.1, 0.15) is 35.9 Å². The summed E-state index contributed by atoms with van der Waals surface area (Å²) in [6, 6.07) is 13.6. The van der Waals surface area contributed by atoms with E-state index in [1.807, 2.05) is 13.8 Å². The standard InChI is InChI=1S/C18H21N3O3S/c1-12(2)11-19-18(22)14-9-7-13(8-10-14)17-20-15-5-3-4-6-16(15)25(23,24)21-17/h3-10,12,17,20-21H,11H2,1-2H3,(H,19,22)/t17-/m1/s1. The number of sulfonamides is 1. The van der Waals surface area contributed by atoms with E-state index in [0.717, 1.165) is 5.56 Å². The molecule has 0 bridgehead atoms. The lowest BCUT2D eigenvalue weighted by Gasteiger charge is -2.28. The Bertz CT molecular complexity index is 877. The Morgan fingerprint density at radius 3 is 2.48 bits per heavy atom. The summed E-state index contributed by atoms with van der Waals surface area (Å²) in [5.74, 6) is 0.243. The number of benzene rings is 2. The lowest BCUT2D eigenvalue weighted by molar-refractivity contribution is 0.0949. The van der Waals surface area contributed by atoms with Crippen molar-refractivity contribution in [3.8, 4) is 0 Å². The van der Waals surface area contributed by atoms with Crippen LogP contribution in [-0.2, 0) is 10.0 Å². The quantitative estimate of drug-likeness (QED) is 0.783. The second kappa shape index (κ2) is 6.85. The largest absolute Gasteiger partial charge is 0.364 e. The maximum absolute atomic E-state index is 12.4. The van der Waals surface area contributed by atoms with Gasteiger partial charge in [0.05, 0.1) is 5.69 Å². The zero-order valence-electron chi connectivity index (χ0n) is 14.1. The molecule has 3 rings (SSSR count). The van der Waals surface area contributed by atoms with Gasteiger partial charge in [0, 0.05) is 12.1 Å². The molecule has 7 heteroatoms. The van der Waals surface area contributed by atoms with E-state index in [9.17, 15) is 13.2 Å². The first-order valence-corrected chi connectivity index (χ1v) is 9.61. The number of carbonyl (C=O) groups is 1. The zero-order valence-corrected chi connectivity index (χ0v) is 14.9. The third-order valence-electron chi connectivity index (χ3n) is 3.93. The van der Waals surface area contributed by atoms with Gasteiger partial charge in [0.15, 0.2) is 0 Å². The van der Waals surface area contributed by atoms with Crippen LogP contribution in [0.3, 0.4) is 0 Å². The number of nitrogens with one attached hydrogen (secondary N) is 3. The van der Waals surface area contributed by atoms with E-state index in [4.69, 9.17) is 0 Å². The highest BCUT2D eigenvalue weighted by molar-refractivity contribution is 7.89. The molecule has 0 radical (unpaired) electrons. The van der Waals surface area contributed by atoms with Crippen molar-refractivity contribution < 1.29 is 13.2 Å². The molecule has 0 fully saturated rings. The Hall–Kier alpha value is -2.38. The van der Waals surface area contributed by atoms with Gasteiger partial charge >= 0.3 is 0 Å². The summed E-state index contributed by atoms with van der Waals surface area (Å²) in [5, 5.41) is 6.02. The molecule has 0 unspecified atom stereocenters. The fourth-order valence-electron chi connectivity index (χ4n) is 2.60. The molecular weight excluding hydrogens is 338 g/mol. The van der Waals surface area contributed by atoms with E-state index >= 15 is 0 Å². The minimum absolute atomic E-state index is 0.136. The number of para-hydroxylation sites is 1. The Morgan fingerprint density at radius 2 is 1.80 bits per heavy atom. The van der Waals surface area contributed by atoms with Crippen LogP contribution in [0.25, 0.3) is 0 Å². The van der Waals surface area contributed by atoms with Crippen LogP contribution < -0.4 is 15.4 Å². The molecule has 1 heterocycles. The maximum Gasteiger partial charge on any atom is 0.251 e. The van der Waals surface area contributed by atoms with Gasteiger partial charge in [-0.15, -0.1) is 0 Å². The monoisotopic (exact) mass is 359 g/mol. The molecule has 0 saturated heterocycles. The first-order chi connectivity index (χ1) is 11.9. The Labute approximate surface area is 147 Å². The SMILES string of the molecule is CC(C)CNC(=O)c1ccc([C@@H]2Nc3ccccc3S(=O)(=O)N2)cc1. The van der Waals surface area contributed by atoms with Crippen LogP contribution in [0.2, 0.25) is 0 Å². The van der Waals surface area contributed by atoms with Crippen LogP contribution in [0.4, 0.5) is 5.69 Å². The summed E-state index contributed by atoms with van der Waals surface area (Å²) in [4.78, 5) is 12.3. The molecule has 0 spiro atoms. The van der Waals surface area contributed by atoms with Gasteiger partial charge in [-0.1, -0.05) is 38.1 Å². The average Bonchev–Trinajstić information content (AvgIpc) is 2.59. The Kier molecular flexibility index (Phi) is 4.78. The highest BCUT2D eigenvalue weighted by Gasteiger charge is 2.29. The third kappa shape index (κ3) is 3.83. The molecule has 0 aromatic heterocycles. The molecule has 25 heavy (non-hydrogen) atoms. The lowest BCUT2D eigenvalue weighted by atomic mass is 10.1. The van der Waals surface area contributed by atoms with Crippen molar-refractivity contribution in [2.75, 3.05) is 11.9 Å². The van der Waals surface area contributed by atoms with Crippen molar-refractivity contribution in [1.29, 1.82) is 0 Å². The number of hydrogen-bond acceptors (Lipinski definition) is 4. The van der Waals surface area contributed by atoms with Crippen molar-refractivity contribution in [2.45, 2.75) is 24.9 Å². The summed E-state index contributed by atoms with van der Waals surface area (Å²) in [6.45, 7) is 4.67. The molecule has 1 aliphatic rings.